The zero-order valence-corrected chi connectivity index (χ0v) is 17.1. The number of hydrogen-bond acceptors (Lipinski definition) is 2. The van der Waals surface area contributed by atoms with Crippen LogP contribution in [0.4, 0.5) is 13.2 Å². The maximum atomic E-state index is 14.1. The van der Waals surface area contributed by atoms with Gasteiger partial charge in [0.05, 0.1) is 10.9 Å². The predicted molar refractivity (Wildman–Crippen MR) is 105 cm³/mol. The number of halogens is 3. The molecule has 2 heterocycles. The number of hydrogen-bond donors (Lipinski definition) is 0. The van der Waals surface area contributed by atoms with Gasteiger partial charge in [-0.1, -0.05) is 13.8 Å². The fourth-order valence-electron chi connectivity index (χ4n) is 3.76. The molecule has 150 valence electrons. The first-order chi connectivity index (χ1) is 13.2. The second kappa shape index (κ2) is 7.49. The number of aromatic nitrogens is 2. The van der Waals surface area contributed by atoms with Gasteiger partial charge in [0.25, 0.3) is 0 Å². The molecule has 28 heavy (non-hydrogen) atoms. The number of pyridine rings is 1. The number of ether oxygens (including phenoxy) is 1. The summed E-state index contributed by atoms with van der Waals surface area (Å²) in [6.45, 7) is 10.8. The van der Waals surface area contributed by atoms with Crippen LogP contribution in [0.15, 0.2) is 12.3 Å². The molecule has 3 aromatic rings. The highest BCUT2D eigenvalue weighted by Crippen LogP contribution is 2.38. The second-order valence-electron chi connectivity index (χ2n) is 7.28. The summed E-state index contributed by atoms with van der Waals surface area (Å²) in [7, 11) is 0. The van der Waals surface area contributed by atoms with Gasteiger partial charge in [-0.05, 0) is 52.2 Å². The first-order valence-corrected chi connectivity index (χ1v) is 9.51. The van der Waals surface area contributed by atoms with Crippen molar-refractivity contribution in [1.29, 1.82) is 0 Å². The smallest absolute Gasteiger partial charge is 0.229 e. The highest BCUT2D eigenvalue weighted by Gasteiger charge is 2.24. The van der Waals surface area contributed by atoms with Crippen LogP contribution < -0.4 is 4.74 Å². The van der Waals surface area contributed by atoms with Gasteiger partial charge < -0.3 is 9.30 Å². The molecule has 3 nitrogen and oxygen atoms in total. The van der Waals surface area contributed by atoms with Crippen LogP contribution in [0, 0.1) is 45.1 Å². The molecule has 2 aromatic heterocycles. The minimum atomic E-state index is -1.49. The van der Waals surface area contributed by atoms with E-state index in [9.17, 15) is 13.2 Å². The molecule has 0 aliphatic heterocycles. The van der Waals surface area contributed by atoms with Gasteiger partial charge in [0.15, 0.2) is 17.5 Å². The van der Waals surface area contributed by atoms with Crippen molar-refractivity contribution in [2.75, 3.05) is 0 Å². The van der Waals surface area contributed by atoms with Crippen LogP contribution in [0.3, 0.4) is 0 Å². The van der Waals surface area contributed by atoms with E-state index in [1.807, 2.05) is 19.9 Å². The van der Waals surface area contributed by atoms with Gasteiger partial charge in [0, 0.05) is 29.1 Å². The molecule has 0 atom stereocenters. The summed E-state index contributed by atoms with van der Waals surface area (Å²) in [5.74, 6) is -3.73. The summed E-state index contributed by atoms with van der Waals surface area (Å²) in [4.78, 5) is 4.47. The van der Waals surface area contributed by atoms with Crippen molar-refractivity contribution < 1.29 is 17.9 Å². The van der Waals surface area contributed by atoms with Gasteiger partial charge in [-0.15, -0.1) is 0 Å². The van der Waals surface area contributed by atoms with Crippen LogP contribution in [-0.4, -0.2) is 9.55 Å². The Kier molecular flexibility index (Phi) is 5.41. The Bertz CT molecular complexity index is 1020. The summed E-state index contributed by atoms with van der Waals surface area (Å²) in [5, 5.41) is 0.793. The van der Waals surface area contributed by atoms with Crippen LogP contribution in [0.5, 0.6) is 11.6 Å². The van der Waals surface area contributed by atoms with Crippen molar-refractivity contribution in [1.82, 2.24) is 9.55 Å². The van der Waals surface area contributed by atoms with Gasteiger partial charge in [-0.3, -0.25) is 0 Å². The van der Waals surface area contributed by atoms with Crippen molar-refractivity contribution in [3.8, 4) is 11.6 Å². The van der Waals surface area contributed by atoms with Crippen LogP contribution in [0.2, 0.25) is 0 Å². The molecule has 6 heteroatoms. The molecule has 0 N–H and O–H groups in total. The molecule has 0 aliphatic rings. The lowest BCUT2D eigenvalue weighted by Crippen LogP contribution is -2.06. The first-order valence-electron chi connectivity index (χ1n) is 9.51. The minimum absolute atomic E-state index is 0.0366. The fraction of sp³-hybridized carbons (Fsp3) is 0.409. The van der Waals surface area contributed by atoms with Crippen molar-refractivity contribution in [2.45, 2.75) is 60.4 Å². The molecule has 0 saturated heterocycles. The van der Waals surface area contributed by atoms with E-state index in [2.05, 4.69) is 29.6 Å². The van der Waals surface area contributed by atoms with E-state index in [4.69, 9.17) is 4.74 Å². The summed E-state index contributed by atoms with van der Waals surface area (Å²) < 4.78 is 50.0. The molecular formula is C22H25F3N2O. The van der Waals surface area contributed by atoms with Gasteiger partial charge in [-0.25, -0.2) is 18.2 Å². The SMILES string of the molecule is CCC(CC)n1cc(C)c2c(Oc3c(C)c(F)c(F)c(F)c3C)nc(C)cc21. The van der Waals surface area contributed by atoms with E-state index in [0.717, 1.165) is 35.0 Å². The third-order valence-corrected chi connectivity index (χ3v) is 5.36. The molecule has 0 radical (unpaired) electrons. The van der Waals surface area contributed by atoms with Crippen LogP contribution in [0.25, 0.3) is 10.9 Å². The Morgan fingerprint density at radius 3 is 2.07 bits per heavy atom. The molecule has 3 rings (SSSR count). The lowest BCUT2D eigenvalue weighted by atomic mass is 10.1. The number of aryl methyl sites for hydroxylation is 2. The van der Waals surface area contributed by atoms with Gasteiger partial charge in [-0.2, -0.15) is 0 Å². The summed E-state index contributed by atoms with van der Waals surface area (Å²) in [5.41, 5.74) is 2.50. The van der Waals surface area contributed by atoms with Gasteiger partial charge in [0.1, 0.15) is 5.75 Å². The van der Waals surface area contributed by atoms with Crippen LogP contribution >= 0.6 is 0 Å². The Hall–Kier alpha value is -2.50. The minimum Gasteiger partial charge on any atom is -0.438 e. The topological polar surface area (TPSA) is 27.1 Å². The quantitative estimate of drug-likeness (QED) is 0.446. The molecular weight excluding hydrogens is 365 g/mol. The lowest BCUT2D eigenvalue weighted by molar-refractivity contribution is 0.407. The fourth-order valence-corrected chi connectivity index (χ4v) is 3.76. The van der Waals surface area contributed by atoms with E-state index in [1.165, 1.54) is 13.8 Å². The van der Waals surface area contributed by atoms with E-state index in [0.29, 0.717) is 6.04 Å². The Labute approximate surface area is 163 Å². The van der Waals surface area contributed by atoms with E-state index in [-0.39, 0.29) is 22.8 Å². The molecule has 0 spiro atoms. The average molecular weight is 390 g/mol. The molecule has 0 amide bonds. The number of nitrogens with zero attached hydrogens (tertiary/aromatic N) is 2. The highest BCUT2D eigenvalue weighted by atomic mass is 19.2. The summed E-state index contributed by atoms with van der Waals surface area (Å²) in [6.07, 6.45) is 4.01. The largest absolute Gasteiger partial charge is 0.438 e. The maximum Gasteiger partial charge on any atom is 0.229 e. The number of fused-ring (bicyclic) bond motifs is 1. The monoisotopic (exact) mass is 390 g/mol. The van der Waals surface area contributed by atoms with Gasteiger partial charge >= 0.3 is 0 Å². The summed E-state index contributed by atoms with van der Waals surface area (Å²) in [6, 6.07) is 2.31. The van der Waals surface area contributed by atoms with Gasteiger partial charge in [0.2, 0.25) is 5.88 Å². The van der Waals surface area contributed by atoms with E-state index in [1.54, 1.807) is 0 Å². The van der Waals surface area contributed by atoms with Crippen molar-refractivity contribution in [2.24, 2.45) is 0 Å². The normalized spacial score (nSPS) is 11.6. The van der Waals surface area contributed by atoms with E-state index >= 15 is 0 Å². The molecule has 1 aromatic carbocycles. The van der Waals surface area contributed by atoms with Crippen LogP contribution in [-0.2, 0) is 0 Å². The zero-order chi connectivity index (χ0) is 20.7. The van der Waals surface area contributed by atoms with Crippen molar-refractivity contribution in [3.05, 3.63) is 52.1 Å². The third kappa shape index (κ3) is 3.15. The van der Waals surface area contributed by atoms with Crippen LogP contribution in [0.1, 0.15) is 55.1 Å². The second-order valence-corrected chi connectivity index (χ2v) is 7.28. The Morgan fingerprint density at radius 2 is 1.54 bits per heavy atom. The molecule has 0 bridgehead atoms. The van der Waals surface area contributed by atoms with E-state index < -0.39 is 17.5 Å². The molecule has 0 fully saturated rings. The van der Waals surface area contributed by atoms with Crippen molar-refractivity contribution in [3.63, 3.8) is 0 Å². The summed E-state index contributed by atoms with van der Waals surface area (Å²) >= 11 is 0. The standard InChI is InChI=1S/C22H25F3N2O/c1-7-15(8-2)27-10-11(3)17-16(27)9-12(4)26-22(17)28-21-13(5)18(23)20(25)19(24)14(21)6/h9-10,15H,7-8H2,1-6H3. The lowest BCUT2D eigenvalue weighted by Gasteiger charge is -2.18. The third-order valence-electron chi connectivity index (χ3n) is 5.36. The molecule has 0 aliphatic carbocycles. The molecule has 0 saturated carbocycles. The zero-order valence-electron chi connectivity index (χ0n) is 17.1. The number of rotatable bonds is 5. The Balaban J connectivity index is 2.24. The molecule has 0 unspecified atom stereocenters. The maximum absolute atomic E-state index is 14.1. The number of benzene rings is 1. The van der Waals surface area contributed by atoms with Crippen molar-refractivity contribution >= 4 is 10.9 Å². The Morgan fingerprint density at radius 1 is 0.964 bits per heavy atom. The average Bonchev–Trinajstić information content (AvgIpc) is 2.99. The predicted octanol–water partition coefficient (Wildman–Crippen LogP) is 6.84. The first kappa shape index (κ1) is 20.2. The highest BCUT2D eigenvalue weighted by molar-refractivity contribution is 5.89.